The van der Waals surface area contributed by atoms with E-state index in [0.29, 0.717) is 6.61 Å². The van der Waals surface area contributed by atoms with Gasteiger partial charge in [-0.15, -0.1) is 11.8 Å². The maximum absolute atomic E-state index is 11.0. The lowest BCUT2D eigenvalue weighted by Gasteiger charge is -2.11. The van der Waals surface area contributed by atoms with Gasteiger partial charge in [-0.1, -0.05) is 36.9 Å². The van der Waals surface area contributed by atoms with E-state index in [9.17, 15) is 4.79 Å². The van der Waals surface area contributed by atoms with Crippen LogP contribution in [-0.2, 0) is 28.9 Å². The third-order valence-corrected chi connectivity index (χ3v) is 5.00. The molecule has 0 bridgehead atoms. The summed E-state index contributed by atoms with van der Waals surface area (Å²) >= 11 is 1.71. The second-order valence-electron chi connectivity index (χ2n) is 6.06. The van der Waals surface area contributed by atoms with Crippen molar-refractivity contribution in [2.45, 2.75) is 24.2 Å². The Morgan fingerprint density at radius 1 is 1.30 bits per heavy atom. The van der Waals surface area contributed by atoms with Crippen LogP contribution < -0.4 is 4.74 Å². The van der Waals surface area contributed by atoms with E-state index in [1.807, 2.05) is 29.9 Å². The number of ether oxygens (including phenoxy) is 2. The number of nitrogens with zero attached hydrogens (tertiary/aromatic N) is 2. The van der Waals surface area contributed by atoms with Crippen molar-refractivity contribution in [3.8, 4) is 5.75 Å². The van der Waals surface area contributed by atoms with Gasteiger partial charge in [-0.25, -0.2) is 0 Å². The molecule has 6 heteroatoms. The maximum Gasteiger partial charge on any atom is 0.303 e. The first kappa shape index (κ1) is 19.0. The van der Waals surface area contributed by atoms with Gasteiger partial charge in [-0.05, 0) is 23.6 Å². The molecule has 2 aromatic carbocycles. The first-order valence-electron chi connectivity index (χ1n) is 8.61. The monoisotopic (exact) mass is 382 g/mol. The topological polar surface area (TPSA) is 53.4 Å². The molecular formula is C21H22N2O3S. The maximum atomic E-state index is 11.0. The van der Waals surface area contributed by atoms with E-state index >= 15 is 0 Å². The van der Waals surface area contributed by atoms with Crippen LogP contribution in [0.4, 0.5) is 0 Å². The normalized spacial score (nSPS) is 10.7. The van der Waals surface area contributed by atoms with Gasteiger partial charge in [0.05, 0.1) is 0 Å². The van der Waals surface area contributed by atoms with Crippen LogP contribution in [0, 0.1) is 0 Å². The minimum absolute atomic E-state index is 0.198. The van der Waals surface area contributed by atoms with Gasteiger partial charge in [0, 0.05) is 35.7 Å². The summed E-state index contributed by atoms with van der Waals surface area (Å²) in [6, 6.07) is 14.4. The summed E-state index contributed by atoms with van der Waals surface area (Å²) in [4.78, 5) is 12.1. The number of aromatic nitrogens is 2. The minimum atomic E-state index is -0.306. The van der Waals surface area contributed by atoms with Crippen LogP contribution in [0.1, 0.15) is 18.3 Å². The first-order valence-corrected chi connectivity index (χ1v) is 9.60. The van der Waals surface area contributed by atoms with Crippen LogP contribution in [-0.4, -0.2) is 22.4 Å². The van der Waals surface area contributed by atoms with Gasteiger partial charge < -0.3 is 9.47 Å². The zero-order valence-corrected chi connectivity index (χ0v) is 16.3. The molecule has 3 aromatic rings. The smallest absolute Gasteiger partial charge is 0.303 e. The molecule has 1 aromatic heterocycles. The Labute approximate surface area is 163 Å². The van der Waals surface area contributed by atoms with Gasteiger partial charge in [-0.2, -0.15) is 5.10 Å². The largest absolute Gasteiger partial charge is 0.489 e. The number of thioether (sulfide) groups is 1. The Morgan fingerprint density at radius 2 is 2.11 bits per heavy atom. The molecule has 0 saturated heterocycles. The zero-order valence-electron chi connectivity index (χ0n) is 15.5. The number of aryl methyl sites for hydroxylation is 1. The van der Waals surface area contributed by atoms with Crippen molar-refractivity contribution >= 4 is 28.5 Å². The SMILES string of the molecule is C=CCOc1cc(SCc2cc(COC(C)=O)nn2C)cc2ccccc12. The quantitative estimate of drug-likeness (QED) is 0.326. The van der Waals surface area contributed by atoms with E-state index in [0.717, 1.165) is 38.6 Å². The lowest BCUT2D eigenvalue weighted by atomic mass is 10.1. The van der Waals surface area contributed by atoms with E-state index < -0.39 is 0 Å². The number of benzene rings is 2. The molecule has 0 atom stereocenters. The number of carbonyl (C=O) groups is 1. The second kappa shape index (κ2) is 8.77. The molecule has 0 aliphatic rings. The summed E-state index contributed by atoms with van der Waals surface area (Å²) in [5.41, 5.74) is 1.81. The van der Waals surface area contributed by atoms with Gasteiger partial charge in [0.1, 0.15) is 24.7 Å². The van der Waals surface area contributed by atoms with Crippen LogP contribution in [0.25, 0.3) is 10.8 Å². The fourth-order valence-corrected chi connectivity index (χ4v) is 3.70. The molecular weight excluding hydrogens is 360 g/mol. The predicted octanol–water partition coefficient (Wildman–Crippen LogP) is 4.49. The summed E-state index contributed by atoms with van der Waals surface area (Å²) in [6.45, 7) is 5.78. The molecule has 5 nitrogen and oxygen atoms in total. The highest BCUT2D eigenvalue weighted by atomic mass is 32.2. The fourth-order valence-electron chi connectivity index (χ4n) is 2.71. The van der Waals surface area contributed by atoms with Gasteiger partial charge in [0.2, 0.25) is 0 Å². The van der Waals surface area contributed by atoms with Gasteiger partial charge in [0.25, 0.3) is 0 Å². The highest BCUT2D eigenvalue weighted by molar-refractivity contribution is 7.98. The van der Waals surface area contributed by atoms with E-state index in [1.54, 1.807) is 17.8 Å². The highest BCUT2D eigenvalue weighted by Crippen LogP contribution is 2.33. The molecule has 0 spiro atoms. The summed E-state index contributed by atoms with van der Waals surface area (Å²) in [5, 5.41) is 6.62. The zero-order chi connectivity index (χ0) is 19.2. The molecule has 0 amide bonds. The Morgan fingerprint density at radius 3 is 2.89 bits per heavy atom. The van der Waals surface area contributed by atoms with Crippen molar-refractivity contribution in [2.24, 2.45) is 7.05 Å². The average Bonchev–Trinajstić information content (AvgIpc) is 3.02. The molecule has 0 unspecified atom stereocenters. The molecule has 0 aliphatic carbocycles. The standard InChI is InChI=1S/C21H22N2O3S/c1-4-9-25-21-12-19(10-16-7-5-6-8-20(16)21)27-14-18-11-17(22-23(18)3)13-26-15(2)24/h4-8,10-12H,1,9,13-14H2,2-3H3. The summed E-state index contributed by atoms with van der Waals surface area (Å²) in [6.07, 6.45) is 1.74. The number of rotatable bonds is 8. The predicted molar refractivity (Wildman–Crippen MR) is 108 cm³/mol. The van der Waals surface area contributed by atoms with Crippen LogP contribution >= 0.6 is 11.8 Å². The highest BCUT2D eigenvalue weighted by Gasteiger charge is 2.09. The number of fused-ring (bicyclic) bond motifs is 1. The van der Waals surface area contributed by atoms with Crippen LogP contribution in [0.5, 0.6) is 5.75 Å². The number of esters is 1. The van der Waals surface area contributed by atoms with Crippen molar-refractivity contribution < 1.29 is 14.3 Å². The summed E-state index contributed by atoms with van der Waals surface area (Å²) in [7, 11) is 1.90. The Balaban J connectivity index is 1.76. The number of hydrogen-bond acceptors (Lipinski definition) is 5. The number of hydrogen-bond donors (Lipinski definition) is 0. The van der Waals surface area contributed by atoms with Crippen molar-refractivity contribution in [1.29, 1.82) is 0 Å². The number of carbonyl (C=O) groups excluding carboxylic acids is 1. The molecule has 0 fully saturated rings. The lowest BCUT2D eigenvalue weighted by molar-refractivity contribution is -0.142. The van der Waals surface area contributed by atoms with Crippen LogP contribution in [0.2, 0.25) is 0 Å². The average molecular weight is 382 g/mol. The van der Waals surface area contributed by atoms with Crippen molar-refractivity contribution in [3.63, 3.8) is 0 Å². The molecule has 0 N–H and O–H groups in total. The van der Waals surface area contributed by atoms with E-state index in [1.165, 1.54) is 6.92 Å². The van der Waals surface area contributed by atoms with E-state index in [-0.39, 0.29) is 12.6 Å². The second-order valence-corrected chi connectivity index (χ2v) is 7.11. The third kappa shape index (κ3) is 4.92. The molecule has 27 heavy (non-hydrogen) atoms. The van der Waals surface area contributed by atoms with Gasteiger partial charge in [0.15, 0.2) is 0 Å². The molecule has 3 rings (SSSR count). The molecule has 0 radical (unpaired) electrons. The van der Waals surface area contributed by atoms with E-state index in [2.05, 4.69) is 35.9 Å². The van der Waals surface area contributed by atoms with E-state index in [4.69, 9.17) is 9.47 Å². The summed E-state index contributed by atoms with van der Waals surface area (Å²) in [5.74, 6) is 1.30. The van der Waals surface area contributed by atoms with Crippen molar-refractivity contribution in [1.82, 2.24) is 9.78 Å². The fraction of sp³-hybridized carbons (Fsp3) is 0.238. The molecule has 140 valence electrons. The van der Waals surface area contributed by atoms with Gasteiger partial charge in [-0.3, -0.25) is 9.48 Å². The molecule has 0 aliphatic heterocycles. The third-order valence-electron chi connectivity index (χ3n) is 3.99. The van der Waals surface area contributed by atoms with Gasteiger partial charge >= 0.3 is 5.97 Å². The van der Waals surface area contributed by atoms with Crippen molar-refractivity contribution in [2.75, 3.05) is 6.61 Å². The molecule has 1 heterocycles. The Hall–Kier alpha value is -2.73. The minimum Gasteiger partial charge on any atom is -0.489 e. The van der Waals surface area contributed by atoms with Crippen molar-refractivity contribution in [3.05, 3.63) is 66.5 Å². The van der Waals surface area contributed by atoms with Crippen LogP contribution in [0.3, 0.4) is 0 Å². The molecule has 0 saturated carbocycles. The summed E-state index contributed by atoms with van der Waals surface area (Å²) < 4.78 is 12.7. The Bertz CT molecular complexity index is 965. The first-order chi connectivity index (χ1) is 13.1. The van der Waals surface area contributed by atoms with Crippen LogP contribution in [0.15, 0.2) is 60.0 Å². The lowest BCUT2D eigenvalue weighted by Crippen LogP contribution is -2.00. The Kier molecular flexibility index (Phi) is 6.19.